The van der Waals surface area contributed by atoms with Gasteiger partial charge in [0.1, 0.15) is 18.1 Å². The fourth-order valence-electron chi connectivity index (χ4n) is 3.83. The number of rotatable bonds is 12. The second-order valence-electron chi connectivity index (χ2n) is 7.67. The minimum Gasteiger partial charge on any atom is -0.494 e. The van der Waals surface area contributed by atoms with E-state index in [0.29, 0.717) is 26.4 Å². The summed E-state index contributed by atoms with van der Waals surface area (Å²) in [6.07, 6.45) is 8.14. The molecule has 0 heterocycles. The molecule has 1 fully saturated rings. The normalized spacial score (nSPS) is 14.5. The first-order valence-corrected chi connectivity index (χ1v) is 11.1. The molecular formula is C25H35NO3. The van der Waals surface area contributed by atoms with Gasteiger partial charge in [-0.1, -0.05) is 50.3 Å². The van der Waals surface area contributed by atoms with E-state index in [1.54, 1.807) is 0 Å². The fraction of sp³-hybridized carbons (Fsp3) is 0.520. The van der Waals surface area contributed by atoms with Gasteiger partial charge >= 0.3 is 0 Å². The summed E-state index contributed by atoms with van der Waals surface area (Å²) < 4.78 is 17.2. The highest BCUT2D eigenvalue weighted by atomic mass is 16.5. The molecule has 0 aliphatic heterocycles. The van der Waals surface area contributed by atoms with Crippen molar-refractivity contribution in [2.75, 3.05) is 31.7 Å². The quantitative estimate of drug-likeness (QED) is 0.442. The molecule has 0 bridgehead atoms. The van der Waals surface area contributed by atoms with Crippen LogP contribution in [0.1, 0.15) is 51.0 Å². The third-order valence-corrected chi connectivity index (χ3v) is 5.52. The predicted molar refractivity (Wildman–Crippen MR) is 119 cm³/mol. The molecule has 0 radical (unpaired) electrons. The van der Waals surface area contributed by atoms with Crippen molar-refractivity contribution in [2.45, 2.75) is 52.0 Å². The van der Waals surface area contributed by atoms with E-state index in [4.69, 9.17) is 14.2 Å². The van der Waals surface area contributed by atoms with Gasteiger partial charge in [-0.2, -0.15) is 0 Å². The van der Waals surface area contributed by atoms with Crippen LogP contribution >= 0.6 is 0 Å². The molecule has 0 amide bonds. The molecule has 0 unspecified atom stereocenters. The van der Waals surface area contributed by atoms with Crippen molar-refractivity contribution in [1.29, 1.82) is 0 Å². The van der Waals surface area contributed by atoms with Crippen LogP contribution in [0, 0.1) is 5.92 Å². The first-order valence-electron chi connectivity index (χ1n) is 11.1. The van der Waals surface area contributed by atoms with E-state index in [1.165, 1.54) is 38.5 Å². The van der Waals surface area contributed by atoms with Gasteiger partial charge in [-0.25, -0.2) is 0 Å². The van der Waals surface area contributed by atoms with Gasteiger partial charge in [-0.05, 0) is 49.6 Å². The van der Waals surface area contributed by atoms with Gasteiger partial charge in [0.2, 0.25) is 0 Å². The highest BCUT2D eigenvalue weighted by Crippen LogP contribution is 2.27. The van der Waals surface area contributed by atoms with Gasteiger partial charge in [0, 0.05) is 24.4 Å². The molecule has 0 spiro atoms. The Labute approximate surface area is 175 Å². The molecule has 0 aromatic heterocycles. The number of ether oxygens (including phenoxy) is 3. The molecule has 158 valence electrons. The molecule has 29 heavy (non-hydrogen) atoms. The molecular weight excluding hydrogens is 362 g/mol. The molecule has 2 aromatic carbocycles. The smallest absolute Gasteiger partial charge is 0.124 e. The van der Waals surface area contributed by atoms with Crippen LogP contribution in [0.3, 0.4) is 0 Å². The topological polar surface area (TPSA) is 39.7 Å². The predicted octanol–water partition coefficient (Wildman–Crippen LogP) is 6.06. The maximum Gasteiger partial charge on any atom is 0.124 e. The van der Waals surface area contributed by atoms with E-state index in [0.717, 1.165) is 35.3 Å². The summed E-state index contributed by atoms with van der Waals surface area (Å²) in [5, 5.41) is 3.47. The summed E-state index contributed by atoms with van der Waals surface area (Å²) >= 11 is 0. The first-order chi connectivity index (χ1) is 14.3. The van der Waals surface area contributed by atoms with Gasteiger partial charge in [-0.15, -0.1) is 0 Å². The summed E-state index contributed by atoms with van der Waals surface area (Å²) in [5.41, 5.74) is 2.21. The third kappa shape index (κ3) is 7.62. The second kappa shape index (κ2) is 12.4. The lowest BCUT2D eigenvalue weighted by molar-refractivity contribution is 0.110. The van der Waals surface area contributed by atoms with Crippen LogP contribution < -0.4 is 14.8 Å². The Kier molecular flexibility index (Phi) is 9.18. The number of para-hydroxylation sites is 1. The van der Waals surface area contributed by atoms with E-state index in [9.17, 15) is 0 Å². The van der Waals surface area contributed by atoms with Crippen molar-refractivity contribution in [3.63, 3.8) is 0 Å². The summed E-state index contributed by atoms with van der Waals surface area (Å²) in [6.45, 7) is 5.42. The molecule has 1 N–H and O–H groups in total. The maximum absolute atomic E-state index is 5.95. The maximum atomic E-state index is 5.95. The number of hydrogen-bond donors (Lipinski definition) is 1. The lowest BCUT2D eigenvalue weighted by Gasteiger charge is -2.21. The summed E-state index contributed by atoms with van der Waals surface area (Å²) in [7, 11) is 0. The Balaban J connectivity index is 1.41. The first kappa shape index (κ1) is 21.5. The van der Waals surface area contributed by atoms with Crippen LogP contribution in [-0.2, 0) is 11.3 Å². The van der Waals surface area contributed by atoms with E-state index in [-0.39, 0.29) is 0 Å². The van der Waals surface area contributed by atoms with Crippen molar-refractivity contribution >= 4 is 5.69 Å². The zero-order chi connectivity index (χ0) is 20.2. The van der Waals surface area contributed by atoms with Crippen molar-refractivity contribution in [1.82, 2.24) is 0 Å². The van der Waals surface area contributed by atoms with Gasteiger partial charge in [0.05, 0.1) is 13.2 Å². The lowest BCUT2D eigenvalue weighted by atomic mass is 9.87. The zero-order valence-corrected chi connectivity index (χ0v) is 17.7. The van der Waals surface area contributed by atoms with Crippen LogP contribution in [0.15, 0.2) is 48.5 Å². The third-order valence-electron chi connectivity index (χ3n) is 5.52. The van der Waals surface area contributed by atoms with Gasteiger partial charge in [0.25, 0.3) is 0 Å². The number of hydrogen-bond acceptors (Lipinski definition) is 4. The second-order valence-corrected chi connectivity index (χ2v) is 7.67. The number of anilines is 1. The van der Waals surface area contributed by atoms with Gasteiger partial charge in [-0.3, -0.25) is 0 Å². The van der Waals surface area contributed by atoms with E-state index < -0.39 is 0 Å². The fourth-order valence-corrected chi connectivity index (χ4v) is 3.83. The highest BCUT2D eigenvalue weighted by Gasteiger charge is 2.13. The van der Waals surface area contributed by atoms with Gasteiger partial charge in [0.15, 0.2) is 0 Å². The van der Waals surface area contributed by atoms with Crippen LogP contribution in [0.4, 0.5) is 5.69 Å². The Morgan fingerprint density at radius 2 is 1.66 bits per heavy atom. The van der Waals surface area contributed by atoms with Crippen molar-refractivity contribution in [2.24, 2.45) is 5.92 Å². The van der Waals surface area contributed by atoms with Gasteiger partial charge < -0.3 is 19.5 Å². The molecule has 4 nitrogen and oxygen atoms in total. The Hall–Kier alpha value is -2.20. The molecule has 0 atom stereocenters. The molecule has 1 aliphatic rings. The monoisotopic (exact) mass is 397 g/mol. The average molecular weight is 398 g/mol. The highest BCUT2D eigenvalue weighted by molar-refractivity contribution is 5.47. The standard InChI is InChI=1S/C25H35NO3/c1-2-27-18-19-29-25-11-7-6-10-22(25)20-26-23-12-14-24(15-13-23)28-17-16-21-8-4-3-5-9-21/h6-7,10-15,21,26H,2-5,8-9,16-20H2,1H3. The minimum absolute atomic E-state index is 0.567. The average Bonchev–Trinajstić information content (AvgIpc) is 2.78. The Bertz CT molecular complexity index is 695. The Morgan fingerprint density at radius 1 is 0.862 bits per heavy atom. The van der Waals surface area contributed by atoms with Crippen LogP contribution in [-0.4, -0.2) is 26.4 Å². The molecule has 0 saturated heterocycles. The van der Waals surface area contributed by atoms with E-state index >= 15 is 0 Å². The largest absolute Gasteiger partial charge is 0.494 e. The summed E-state index contributed by atoms with van der Waals surface area (Å²) in [6, 6.07) is 16.4. The van der Waals surface area contributed by atoms with Crippen molar-refractivity contribution in [3.8, 4) is 11.5 Å². The number of benzene rings is 2. The van der Waals surface area contributed by atoms with Crippen LogP contribution in [0.25, 0.3) is 0 Å². The zero-order valence-electron chi connectivity index (χ0n) is 17.7. The molecule has 2 aromatic rings. The van der Waals surface area contributed by atoms with E-state index in [2.05, 4.69) is 23.5 Å². The number of nitrogens with one attached hydrogen (secondary N) is 1. The molecule has 1 saturated carbocycles. The molecule has 4 heteroatoms. The van der Waals surface area contributed by atoms with E-state index in [1.807, 2.05) is 37.3 Å². The summed E-state index contributed by atoms with van der Waals surface area (Å²) in [4.78, 5) is 0. The SMILES string of the molecule is CCOCCOc1ccccc1CNc1ccc(OCCC2CCCCC2)cc1. The molecule has 1 aliphatic carbocycles. The van der Waals surface area contributed by atoms with Crippen molar-refractivity contribution < 1.29 is 14.2 Å². The minimum atomic E-state index is 0.567. The van der Waals surface area contributed by atoms with Crippen molar-refractivity contribution in [3.05, 3.63) is 54.1 Å². The van der Waals surface area contributed by atoms with Crippen LogP contribution in [0.5, 0.6) is 11.5 Å². The Morgan fingerprint density at radius 3 is 2.45 bits per heavy atom. The lowest BCUT2D eigenvalue weighted by Crippen LogP contribution is -2.10. The molecule has 3 rings (SSSR count). The summed E-state index contributed by atoms with van der Waals surface area (Å²) in [5.74, 6) is 2.72. The van der Waals surface area contributed by atoms with Crippen LogP contribution in [0.2, 0.25) is 0 Å².